The maximum atomic E-state index is 13.1. The Bertz CT molecular complexity index is 1280. The van der Waals surface area contributed by atoms with Gasteiger partial charge in [-0.15, -0.1) is 0 Å². The summed E-state index contributed by atoms with van der Waals surface area (Å²) >= 11 is 0. The largest absolute Gasteiger partial charge is 0.430 e. The number of benzene rings is 2. The van der Waals surface area contributed by atoms with Crippen LogP contribution in [0.15, 0.2) is 47.4 Å². The van der Waals surface area contributed by atoms with Gasteiger partial charge in [-0.3, -0.25) is 9.59 Å². The first-order chi connectivity index (χ1) is 16.4. The Morgan fingerprint density at radius 3 is 2.03 bits per heavy atom. The molecule has 0 spiro atoms. The van der Waals surface area contributed by atoms with E-state index in [1.165, 1.54) is 32.2 Å². The SMILES string of the molecule is CNS(=O)(=O)c1ccc2c(c1)CN(C(C)=O)C2C(=O)Nc1ccc(C(O)(C(F)(F)F)C(F)(F)F)cc1. The standard InChI is InChI=1S/C21H19F6N3O5S/c1-11(31)30-10-12-9-15(36(34,35)28-2)7-8-16(12)17(30)18(32)29-14-5-3-13(4-6-14)19(33,20(22,23)24)21(25,26)27/h3-9,17,28,33H,10H2,1-2H3,(H,29,32). The molecule has 1 aliphatic heterocycles. The van der Waals surface area contributed by atoms with Crippen LogP contribution in [-0.2, 0) is 31.8 Å². The van der Waals surface area contributed by atoms with Crippen LogP contribution < -0.4 is 10.0 Å². The molecule has 15 heteroatoms. The molecule has 1 heterocycles. The van der Waals surface area contributed by atoms with Crippen LogP contribution in [0.2, 0.25) is 0 Å². The summed E-state index contributed by atoms with van der Waals surface area (Å²) in [6.07, 6.45) is -12.1. The minimum atomic E-state index is -6.06. The molecule has 0 saturated heterocycles. The van der Waals surface area contributed by atoms with Crippen molar-refractivity contribution in [3.05, 3.63) is 59.2 Å². The van der Waals surface area contributed by atoms with E-state index < -0.39 is 51.4 Å². The maximum Gasteiger partial charge on any atom is 0.430 e. The van der Waals surface area contributed by atoms with Crippen molar-refractivity contribution in [2.45, 2.75) is 42.4 Å². The number of hydrogen-bond donors (Lipinski definition) is 3. The number of carbonyl (C=O) groups is 2. The summed E-state index contributed by atoms with van der Waals surface area (Å²) in [5, 5.41) is 11.8. The number of hydrogen-bond acceptors (Lipinski definition) is 5. The van der Waals surface area contributed by atoms with Crippen molar-refractivity contribution in [1.82, 2.24) is 9.62 Å². The molecule has 2 amide bonds. The molecule has 3 N–H and O–H groups in total. The van der Waals surface area contributed by atoms with Gasteiger partial charge in [-0.05, 0) is 42.4 Å². The highest BCUT2D eigenvalue weighted by atomic mass is 32.2. The molecule has 0 saturated carbocycles. The third kappa shape index (κ3) is 4.65. The molecule has 1 aliphatic rings. The molecule has 0 radical (unpaired) electrons. The second-order valence-corrected chi connectivity index (χ2v) is 9.78. The summed E-state index contributed by atoms with van der Waals surface area (Å²) in [7, 11) is -2.61. The summed E-state index contributed by atoms with van der Waals surface area (Å²) in [6.45, 7) is 1.06. The maximum absolute atomic E-state index is 13.1. The Kier molecular flexibility index (Phi) is 6.89. The fourth-order valence-electron chi connectivity index (χ4n) is 3.78. The highest BCUT2D eigenvalue weighted by Gasteiger charge is 2.71. The quantitative estimate of drug-likeness (QED) is 0.506. The number of amides is 2. The van der Waals surface area contributed by atoms with Gasteiger partial charge in [0.15, 0.2) is 0 Å². The molecule has 0 aromatic heterocycles. The second kappa shape index (κ2) is 9.05. The smallest absolute Gasteiger partial charge is 0.369 e. The number of nitrogens with one attached hydrogen (secondary N) is 2. The fourth-order valence-corrected chi connectivity index (χ4v) is 4.56. The summed E-state index contributed by atoms with van der Waals surface area (Å²) in [5.41, 5.74) is -6.18. The molecule has 1 unspecified atom stereocenters. The number of alkyl halides is 6. The molecular weight excluding hydrogens is 520 g/mol. The molecule has 0 bridgehead atoms. The van der Waals surface area contributed by atoms with Crippen LogP contribution in [0.5, 0.6) is 0 Å². The molecule has 36 heavy (non-hydrogen) atoms. The Hall–Kier alpha value is -3.17. The van der Waals surface area contributed by atoms with Crippen molar-refractivity contribution in [2.75, 3.05) is 12.4 Å². The number of sulfonamides is 1. The van der Waals surface area contributed by atoms with Gasteiger partial charge in [0, 0.05) is 24.7 Å². The Balaban J connectivity index is 1.92. The van der Waals surface area contributed by atoms with Crippen LogP contribution in [0.25, 0.3) is 0 Å². The minimum absolute atomic E-state index is 0.106. The van der Waals surface area contributed by atoms with Crippen molar-refractivity contribution in [2.24, 2.45) is 0 Å². The lowest BCUT2D eigenvalue weighted by molar-refractivity contribution is -0.376. The van der Waals surface area contributed by atoms with Gasteiger partial charge in [-0.2, -0.15) is 26.3 Å². The van der Waals surface area contributed by atoms with E-state index in [-0.39, 0.29) is 22.7 Å². The zero-order chi connectivity index (χ0) is 27.3. The Labute approximate surface area is 200 Å². The Morgan fingerprint density at radius 1 is 1.00 bits per heavy atom. The van der Waals surface area contributed by atoms with E-state index in [1.54, 1.807) is 0 Å². The lowest BCUT2D eigenvalue weighted by Gasteiger charge is -2.32. The number of nitrogens with zero attached hydrogens (tertiary/aromatic N) is 1. The van der Waals surface area contributed by atoms with E-state index in [4.69, 9.17) is 0 Å². The predicted octanol–water partition coefficient (Wildman–Crippen LogP) is 2.95. The van der Waals surface area contributed by atoms with Crippen molar-refractivity contribution in [3.8, 4) is 0 Å². The number of fused-ring (bicyclic) bond motifs is 1. The number of halogens is 6. The third-order valence-corrected chi connectivity index (χ3v) is 7.10. The zero-order valence-electron chi connectivity index (χ0n) is 18.5. The average molecular weight is 539 g/mol. The van der Waals surface area contributed by atoms with Crippen LogP contribution in [0.3, 0.4) is 0 Å². The molecule has 2 aromatic rings. The van der Waals surface area contributed by atoms with Crippen molar-refractivity contribution in [1.29, 1.82) is 0 Å². The van der Waals surface area contributed by atoms with Gasteiger partial charge in [0.25, 0.3) is 11.5 Å². The fraction of sp³-hybridized carbons (Fsp3) is 0.333. The molecule has 2 aromatic carbocycles. The van der Waals surface area contributed by atoms with E-state index in [9.17, 15) is 49.5 Å². The van der Waals surface area contributed by atoms with Crippen LogP contribution >= 0.6 is 0 Å². The molecule has 0 fully saturated rings. The average Bonchev–Trinajstić information content (AvgIpc) is 3.17. The topological polar surface area (TPSA) is 116 Å². The third-order valence-electron chi connectivity index (χ3n) is 5.68. The highest BCUT2D eigenvalue weighted by Crippen LogP contribution is 2.50. The molecule has 0 aliphatic carbocycles. The monoisotopic (exact) mass is 539 g/mol. The van der Waals surface area contributed by atoms with Gasteiger partial charge in [0.2, 0.25) is 15.9 Å². The van der Waals surface area contributed by atoms with E-state index in [1.807, 2.05) is 0 Å². The first-order valence-corrected chi connectivity index (χ1v) is 11.5. The van der Waals surface area contributed by atoms with Gasteiger partial charge in [-0.25, -0.2) is 13.1 Å². The first kappa shape index (κ1) is 27.4. The number of anilines is 1. The summed E-state index contributed by atoms with van der Waals surface area (Å²) in [4.78, 5) is 26.1. The number of aliphatic hydroxyl groups is 1. The van der Waals surface area contributed by atoms with E-state index in [0.717, 1.165) is 17.0 Å². The van der Waals surface area contributed by atoms with Crippen LogP contribution in [0, 0.1) is 0 Å². The normalized spacial score (nSPS) is 16.6. The first-order valence-electron chi connectivity index (χ1n) is 10.0. The van der Waals surface area contributed by atoms with Crippen LogP contribution in [0.4, 0.5) is 32.0 Å². The summed E-state index contributed by atoms with van der Waals surface area (Å²) in [6, 6.07) is 4.83. The molecular formula is C21H19F6N3O5S. The van der Waals surface area contributed by atoms with Gasteiger partial charge < -0.3 is 15.3 Å². The van der Waals surface area contributed by atoms with E-state index in [2.05, 4.69) is 10.0 Å². The second-order valence-electron chi connectivity index (χ2n) is 7.89. The molecule has 8 nitrogen and oxygen atoms in total. The van der Waals surface area contributed by atoms with Crippen molar-refractivity contribution in [3.63, 3.8) is 0 Å². The summed E-state index contributed by atoms with van der Waals surface area (Å²) in [5.74, 6) is -1.39. The zero-order valence-corrected chi connectivity index (χ0v) is 19.3. The Morgan fingerprint density at radius 2 is 1.56 bits per heavy atom. The molecule has 196 valence electrons. The predicted molar refractivity (Wildman–Crippen MR) is 113 cm³/mol. The van der Waals surface area contributed by atoms with Gasteiger partial charge in [-0.1, -0.05) is 18.2 Å². The van der Waals surface area contributed by atoms with Gasteiger partial charge >= 0.3 is 12.4 Å². The minimum Gasteiger partial charge on any atom is -0.369 e. The molecule has 1 atom stereocenters. The van der Waals surface area contributed by atoms with E-state index in [0.29, 0.717) is 17.7 Å². The van der Waals surface area contributed by atoms with Crippen LogP contribution in [-0.4, -0.2) is 49.6 Å². The molecule has 3 rings (SSSR count). The lowest BCUT2D eigenvalue weighted by Crippen LogP contribution is -2.53. The van der Waals surface area contributed by atoms with Crippen LogP contribution in [0.1, 0.15) is 29.7 Å². The highest BCUT2D eigenvalue weighted by molar-refractivity contribution is 7.89. The number of rotatable bonds is 5. The van der Waals surface area contributed by atoms with Gasteiger partial charge in [0.05, 0.1) is 4.90 Å². The summed E-state index contributed by atoms with van der Waals surface area (Å²) < 4.78 is 105. The lowest BCUT2D eigenvalue weighted by atomic mass is 9.92. The van der Waals surface area contributed by atoms with Crippen molar-refractivity contribution >= 4 is 27.5 Å². The van der Waals surface area contributed by atoms with E-state index >= 15 is 0 Å². The van der Waals surface area contributed by atoms with Crippen molar-refractivity contribution < 1.29 is 49.5 Å². The number of carbonyl (C=O) groups excluding carboxylic acids is 2. The van der Waals surface area contributed by atoms with Gasteiger partial charge in [0.1, 0.15) is 6.04 Å².